The van der Waals surface area contributed by atoms with Crippen LogP contribution in [0, 0.1) is 10.8 Å². The molecule has 0 bridgehead atoms. The van der Waals surface area contributed by atoms with E-state index in [4.69, 9.17) is 11.6 Å². The predicted molar refractivity (Wildman–Crippen MR) is 70.7 cm³/mol. The Morgan fingerprint density at radius 2 is 1.53 bits per heavy atom. The van der Waals surface area contributed by atoms with Crippen LogP contribution in [-0.4, -0.2) is 18.5 Å². The lowest BCUT2D eigenvalue weighted by molar-refractivity contribution is 0.347. The Kier molecular flexibility index (Phi) is 6.20. The first kappa shape index (κ1) is 15.2. The van der Waals surface area contributed by atoms with Crippen LogP contribution in [0.3, 0.4) is 0 Å². The number of alkyl halides is 1. The number of hydrogen-bond acceptors (Lipinski definition) is 1. The summed E-state index contributed by atoms with van der Waals surface area (Å²) in [5, 5.41) is 3.69. The summed E-state index contributed by atoms with van der Waals surface area (Å²) in [6.45, 7) is 15.5. The van der Waals surface area contributed by atoms with Crippen molar-refractivity contribution < 1.29 is 0 Å². The summed E-state index contributed by atoms with van der Waals surface area (Å²) >= 11 is 6.25. The zero-order valence-electron chi connectivity index (χ0n) is 11.3. The van der Waals surface area contributed by atoms with Crippen molar-refractivity contribution in [1.82, 2.24) is 5.32 Å². The fourth-order valence-electron chi connectivity index (χ4n) is 1.46. The second-order valence-corrected chi connectivity index (χ2v) is 7.49. The maximum atomic E-state index is 6.25. The van der Waals surface area contributed by atoms with E-state index in [1.807, 2.05) is 0 Å². The van der Waals surface area contributed by atoms with E-state index in [-0.39, 0.29) is 5.38 Å². The van der Waals surface area contributed by atoms with E-state index in [2.05, 4.69) is 46.9 Å². The van der Waals surface area contributed by atoms with Crippen molar-refractivity contribution in [1.29, 1.82) is 0 Å². The molecule has 1 unspecified atom stereocenters. The number of hydrogen-bond donors (Lipinski definition) is 1. The molecular formula is C13H28ClN. The van der Waals surface area contributed by atoms with Crippen LogP contribution in [0.15, 0.2) is 0 Å². The Bertz CT molecular complexity index is 164. The lowest BCUT2D eigenvalue weighted by atomic mass is 9.90. The van der Waals surface area contributed by atoms with Crippen molar-refractivity contribution in [3.8, 4) is 0 Å². The highest BCUT2D eigenvalue weighted by molar-refractivity contribution is 6.20. The molecule has 0 aromatic carbocycles. The number of halogens is 1. The largest absolute Gasteiger partial charge is 0.315 e. The molecule has 0 saturated heterocycles. The highest BCUT2D eigenvalue weighted by atomic mass is 35.5. The van der Waals surface area contributed by atoms with Gasteiger partial charge < -0.3 is 5.32 Å². The summed E-state index contributed by atoms with van der Waals surface area (Å²) < 4.78 is 0. The summed E-state index contributed by atoms with van der Waals surface area (Å²) in [5.74, 6) is 0. The quantitative estimate of drug-likeness (QED) is 0.558. The lowest BCUT2D eigenvalue weighted by Crippen LogP contribution is -2.29. The van der Waals surface area contributed by atoms with Crippen LogP contribution in [0.25, 0.3) is 0 Å². The van der Waals surface area contributed by atoms with Gasteiger partial charge in [-0.3, -0.25) is 0 Å². The molecule has 0 aliphatic carbocycles. The van der Waals surface area contributed by atoms with Gasteiger partial charge in [-0.15, -0.1) is 11.6 Å². The lowest BCUT2D eigenvalue weighted by Gasteiger charge is -2.23. The fourth-order valence-corrected chi connectivity index (χ4v) is 2.03. The normalized spacial score (nSPS) is 15.4. The molecular weight excluding hydrogens is 206 g/mol. The third kappa shape index (κ3) is 12.2. The minimum Gasteiger partial charge on any atom is -0.315 e. The molecule has 0 aromatic heterocycles. The van der Waals surface area contributed by atoms with E-state index in [1.165, 1.54) is 6.42 Å². The first-order valence-corrected chi connectivity index (χ1v) is 6.39. The summed E-state index contributed by atoms with van der Waals surface area (Å²) in [4.78, 5) is 0. The maximum Gasteiger partial charge on any atom is 0.0465 e. The summed E-state index contributed by atoms with van der Waals surface area (Å²) in [7, 11) is 0. The Hall–Kier alpha value is 0.250. The van der Waals surface area contributed by atoms with Crippen LogP contribution in [0.4, 0.5) is 0 Å². The highest BCUT2D eigenvalue weighted by Crippen LogP contribution is 2.23. The van der Waals surface area contributed by atoms with Gasteiger partial charge >= 0.3 is 0 Å². The van der Waals surface area contributed by atoms with E-state index in [0.717, 1.165) is 19.5 Å². The number of nitrogens with one attached hydrogen (secondary N) is 1. The van der Waals surface area contributed by atoms with E-state index >= 15 is 0 Å². The molecule has 0 radical (unpaired) electrons. The third-order valence-electron chi connectivity index (χ3n) is 2.25. The van der Waals surface area contributed by atoms with Gasteiger partial charge in [-0.2, -0.15) is 0 Å². The average molecular weight is 234 g/mol. The Labute approximate surface area is 101 Å². The van der Waals surface area contributed by atoms with Gasteiger partial charge in [0.15, 0.2) is 0 Å². The maximum absolute atomic E-state index is 6.25. The molecule has 1 nitrogen and oxygen atoms in total. The zero-order valence-corrected chi connectivity index (χ0v) is 12.0. The van der Waals surface area contributed by atoms with Crippen molar-refractivity contribution in [3.63, 3.8) is 0 Å². The van der Waals surface area contributed by atoms with E-state index in [9.17, 15) is 0 Å². The molecule has 0 heterocycles. The van der Waals surface area contributed by atoms with Crippen LogP contribution in [0.5, 0.6) is 0 Å². The fraction of sp³-hybridized carbons (Fsp3) is 1.00. The van der Waals surface area contributed by atoms with Crippen molar-refractivity contribution in [3.05, 3.63) is 0 Å². The molecule has 0 aliphatic rings. The van der Waals surface area contributed by atoms with Crippen LogP contribution in [0.2, 0.25) is 0 Å². The molecule has 0 fully saturated rings. The third-order valence-corrected chi connectivity index (χ3v) is 2.56. The van der Waals surface area contributed by atoms with Crippen molar-refractivity contribution in [2.24, 2.45) is 10.8 Å². The summed E-state index contributed by atoms with van der Waals surface area (Å²) in [6, 6.07) is 0. The van der Waals surface area contributed by atoms with Gasteiger partial charge in [0.05, 0.1) is 0 Å². The standard InChI is InChI=1S/C13H28ClN/c1-12(2,3)7-8-15-10-11(14)9-13(4,5)6/h11,15H,7-10H2,1-6H3. The molecule has 92 valence electrons. The van der Waals surface area contributed by atoms with E-state index in [0.29, 0.717) is 10.8 Å². The topological polar surface area (TPSA) is 12.0 Å². The van der Waals surface area contributed by atoms with Crippen LogP contribution in [0.1, 0.15) is 54.4 Å². The molecule has 1 atom stereocenters. The SMILES string of the molecule is CC(C)(C)CCNCC(Cl)CC(C)(C)C. The van der Waals surface area contributed by atoms with Gasteiger partial charge in [-0.25, -0.2) is 0 Å². The van der Waals surface area contributed by atoms with E-state index in [1.54, 1.807) is 0 Å². The molecule has 2 heteroatoms. The van der Waals surface area contributed by atoms with Crippen molar-refractivity contribution in [2.45, 2.75) is 59.8 Å². The minimum absolute atomic E-state index is 0.255. The second kappa shape index (κ2) is 6.10. The molecule has 0 amide bonds. The monoisotopic (exact) mass is 233 g/mol. The second-order valence-electron chi connectivity index (χ2n) is 6.88. The molecule has 0 saturated carbocycles. The first-order valence-electron chi connectivity index (χ1n) is 5.95. The summed E-state index contributed by atoms with van der Waals surface area (Å²) in [5.41, 5.74) is 0.747. The highest BCUT2D eigenvalue weighted by Gasteiger charge is 2.16. The van der Waals surface area contributed by atoms with Crippen molar-refractivity contribution >= 4 is 11.6 Å². The minimum atomic E-state index is 0.255. The van der Waals surface area contributed by atoms with Crippen LogP contribution in [-0.2, 0) is 0 Å². The molecule has 0 aliphatic heterocycles. The van der Waals surface area contributed by atoms with Crippen LogP contribution < -0.4 is 5.32 Å². The first-order chi connectivity index (χ1) is 6.60. The smallest absolute Gasteiger partial charge is 0.0465 e. The molecule has 0 aromatic rings. The van der Waals surface area contributed by atoms with Gasteiger partial charge in [-0.05, 0) is 30.2 Å². The Balaban J connectivity index is 3.52. The average Bonchev–Trinajstić information content (AvgIpc) is 1.92. The van der Waals surface area contributed by atoms with E-state index < -0.39 is 0 Å². The van der Waals surface area contributed by atoms with Gasteiger partial charge in [-0.1, -0.05) is 41.5 Å². The Morgan fingerprint density at radius 1 is 1.00 bits per heavy atom. The van der Waals surface area contributed by atoms with Crippen LogP contribution >= 0.6 is 11.6 Å². The predicted octanol–water partition coefficient (Wildman–Crippen LogP) is 4.06. The molecule has 0 spiro atoms. The molecule has 15 heavy (non-hydrogen) atoms. The zero-order chi connectivity index (χ0) is 12.1. The van der Waals surface area contributed by atoms with Gasteiger partial charge in [0, 0.05) is 11.9 Å². The van der Waals surface area contributed by atoms with Gasteiger partial charge in [0.25, 0.3) is 0 Å². The van der Waals surface area contributed by atoms with Crippen molar-refractivity contribution in [2.75, 3.05) is 13.1 Å². The Morgan fingerprint density at radius 3 is 1.93 bits per heavy atom. The molecule has 1 N–H and O–H groups in total. The number of rotatable bonds is 5. The van der Waals surface area contributed by atoms with Gasteiger partial charge in [0.1, 0.15) is 0 Å². The summed E-state index contributed by atoms with van der Waals surface area (Å²) in [6.07, 6.45) is 2.27. The molecule has 0 rings (SSSR count). The van der Waals surface area contributed by atoms with Gasteiger partial charge in [0.2, 0.25) is 0 Å².